The molecule has 0 radical (unpaired) electrons. The van der Waals surface area contributed by atoms with Gasteiger partial charge in [-0.15, -0.1) is 0 Å². The molecule has 0 saturated carbocycles. The largest absolute Gasteiger partial charge is 0.0654 e. The molecule has 0 aliphatic carbocycles. The summed E-state index contributed by atoms with van der Waals surface area (Å²) in [6, 6.07) is 0. The standard InChI is InChI=1S/C19H40.C9H20/c1-5-9-13-18(14-10-6-2)17-19(15-11-7-3)16-12-8-4;1-3-5-7-9-8-6-4-2/h18-19H,5-17H2,1-4H3;3-9H2,1-2H3. The van der Waals surface area contributed by atoms with Gasteiger partial charge in [0.25, 0.3) is 0 Å². The minimum atomic E-state index is 1.03. The first-order chi connectivity index (χ1) is 13.7. The van der Waals surface area contributed by atoms with E-state index < -0.39 is 0 Å². The molecule has 28 heavy (non-hydrogen) atoms. The monoisotopic (exact) mass is 396 g/mol. The maximum absolute atomic E-state index is 2.34. The number of unbranched alkanes of at least 4 members (excludes halogenated alkanes) is 10. The molecule has 0 atom stereocenters. The van der Waals surface area contributed by atoms with E-state index in [0.717, 1.165) is 11.8 Å². The molecule has 0 bridgehead atoms. The average molecular weight is 397 g/mol. The zero-order chi connectivity index (χ0) is 21.3. The van der Waals surface area contributed by atoms with Gasteiger partial charge in [0.2, 0.25) is 0 Å². The lowest BCUT2D eigenvalue weighted by Crippen LogP contribution is -2.10. The van der Waals surface area contributed by atoms with Gasteiger partial charge in [0, 0.05) is 0 Å². The van der Waals surface area contributed by atoms with E-state index in [1.54, 1.807) is 0 Å². The van der Waals surface area contributed by atoms with Crippen molar-refractivity contribution < 1.29 is 0 Å². The van der Waals surface area contributed by atoms with E-state index in [9.17, 15) is 0 Å². The predicted octanol–water partition coefficient (Wildman–Crippen LogP) is 11.1. The smallest absolute Gasteiger partial charge is 0.0412 e. The van der Waals surface area contributed by atoms with Gasteiger partial charge in [0.05, 0.1) is 0 Å². The van der Waals surface area contributed by atoms with E-state index in [4.69, 9.17) is 0 Å². The van der Waals surface area contributed by atoms with Crippen molar-refractivity contribution in [2.24, 2.45) is 11.8 Å². The molecule has 0 nitrogen and oxygen atoms in total. The predicted molar refractivity (Wildman–Crippen MR) is 133 cm³/mol. The average Bonchev–Trinajstić information content (AvgIpc) is 2.72. The van der Waals surface area contributed by atoms with Crippen molar-refractivity contribution in [2.45, 2.75) is 170 Å². The van der Waals surface area contributed by atoms with Crippen molar-refractivity contribution in [2.75, 3.05) is 0 Å². The molecule has 0 unspecified atom stereocenters. The first-order valence-electron chi connectivity index (χ1n) is 13.7. The normalized spacial score (nSPS) is 11.1. The Morgan fingerprint density at radius 3 is 0.821 bits per heavy atom. The van der Waals surface area contributed by atoms with Gasteiger partial charge in [-0.1, -0.05) is 164 Å². The summed E-state index contributed by atoms with van der Waals surface area (Å²) in [5.41, 5.74) is 0. The Balaban J connectivity index is 0. The van der Waals surface area contributed by atoms with Crippen LogP contribution in [0.3, 0.4) is 0 Å². The fourth-order valence-corrected chi connectivity index (χ4v) is 4.23. The first kappa shape index (κ1) is 30.2. The van der Waals surface area contributed by atoms with Crippen LogP contribution in [-0.4, -0.2) is 0 Å². The third-order valence-electron chi connectivity index (χ3n) is 6.24. The van der Waals surface area contributed by atoms with E-state index in [-0.39, 0.29) is 0 Å². The summed E-state index contributed by atoms with van der Waals surface area (Å²) in [5, 5.41) is 0. The Kier molecular flexibility index (Phi) is 29.1. The van der Waals surface area contributed by atoms with Crippen LogP contribution in [0.15, 0.2) is 0 Å². The summed E-state index contributed by atoms with van der Waals surface area (Å²) in [6.07, 6.45) is 28.7. The van der Waals surface area contributed by atoms with Gasteiger partial charge in [-0.3, -0.25) is 0 Å². The van der Waals surface area contributed by atoms with Crippen molar-refractivity contribution >= 4 is 0 Å². The number of hydrogen-bond donors (Lipinski definition) is 0. The third kappa shape index (κ3) is 24.0. The van der Waals surface area contributed by atoms with E-state index in [1.807, 2.05) is 0 Å². The second-order valence-corrected chi connectivity index (χ2v) is 9.30. The van der Waals surface area contributed by atoms with Gasteiger partial charge >= 0.3 is 0 Å². The number of rotatable bonds is 20. The van der Waals surface area contributed by atoms with Crippen molar-refractivity contribution in [3.63, 3.8) is 0 Å². The maximum Gasteiger partial charge on any atom is -0.0412 e. The minimum absolute atomic E-state index is 1.03. The van der Waals surface area contributed by atoms with Gasteiger partial charge < -0.3 is 0 Å². The van der Waals surface area contributed by atoms with E-state index in [0.29, 0.717) is 0 Å². The molecule has 172 valence electrons. The zero-order valence-electron chi connectivity index (χ0n) is 21.3. The molecule has 0 aromatic rings. The van der Waals surface area contributed by atoms with Gasteiger partial charge in [-0.2, -0.15) is 0 Å². The Hall–Kier alpha value is 0. The molecule has 0 N–H and O–H groups in total. The van der Waals surface area contributed by atoms with Crippen molar-refractivity contribution in [3.05, 3.63) is 0 Å². The van der Waals surface area contributed by atoms with Crippen LogP contribution < -0.4 is 0 Å². The molecule has 0 fully saturated rings. The van der Waals surface area contributed by atoms with E-state index >= 15 is 0 Å². The molecule has 0 aliphatic heterocycles. The highest BCUT2D eigenvalue weighted by Gasteiger charge is 2.15. The Bertz CT molecular complexity index is 204. The van der Waals surface area contributed by atoms with Crippen molar-refractivity contribution in [3.8, 4) is 0 Å². The van der Waals surface area contributed by atoms with Crippen LogP contribution in [0.4, 0.5) is 0 Å². The molecule has 0 heterocycles. The highest BCUT2D eigenvalue weighted by molar-refractivity contribution is 4.68. The Morgan fingerprint density at radius 2 is 0.571 bits per heavy atom. The topological polar surface area (TPSA) is 0 Å². The summed E-state index contributed by atoms with van der Waals surface area (Å²) in [4.78, 5) is 0. The molecule has 0 saturated heterocycles. The second-order valence-electron chi connectivity index (χ2n) is 9.30. The highest BCUT2D eigenvalue weighted by Crippen LogP contribution is 2.29. The van der Waals surface area contributed by atoms with Crippen LogP contribution in [0.1, 0.15) is 170 Å². The van der Waals surface area contributed by atoms with E-state index in [2.05, 4.69) is 41.5 Å². The van der Waals surface area contributed by atoms with Crippen LogP contribution in [0.5, 0.6) is 0 Å². The van der Waals surface area contributed by atoms with Crippen molar-refractivity contribution in [1.29, 1.82) is 0 Å². The van der Waals surface area contributed by atoms with Crippen molar-refractivity contribution in [1.82, 2.24) is 0 Å². The molecular weight excluding hydrogens is 336 g/mol. The fraction of sp³-hybridized carbons (Fsp3) is 1.00. The molecule has 0 spiro atoms. The molecular formula is C28H60. The van der Waals surface area contributed by atoms with Crippen LogP contribution in [-0.2, 0) is 0 Å². The second kappa shape index (κ2) is 27.0. The van der Waals surface area contributed by atoms with Gasteiger partial charge in [0.1, 0.15) is 0 Å². The van der Waals surface area contributed by atoms with Gasteiger partial charge in [-0.05, 0) is 18.3 Å². The fourth-order valence-electron chi connectivity index (χ4n) is 4.23. The van der Waals surface area contributed by atoms with E-state index in [1.165, 1.54) is 128 Å². The summed E-state index contributed by atoms with van der Waals surface area (Å²) in [7, 11) is 0. The van der Waals surface area contributed by atoms with Crippen LogP contribution in [0.25, 0.3) is 0 Å². The van der Waals surface area contributed by atoms with Crippen LogP contribution in [0.2, 0.25) is 0 Å². The molecule has 0 heteroatoms. The maximum atomic E-state index is 2.34. The summed E-state index contributed by atoms with van der Waals surface area (Å²) in [6.45, 7) is 13.9. The van der Waals surface area contributed by atoms with Crippen LogP contribution in [0, 0.1) is 11.8 Å². The Labute approximate surface area is 182 Å². The third-order valence-corrected chi connectivity index (χ3v) is 6.24. The van der Waals surface area contributed by atoms with Gasteiger partial charge in [0.15, 0.2) is 0 Å². The quantitative estimate of drug-likeness (QED) is 0.179. The summed E-state index contributed by atoms with van der Waals surface area (Å²) < 4.78 is 0. The molecule has 0 aromatic heterocycles. The molecule has 0 aromatic carbocycles. The molecule has 0 rings (SSSR count). The molecule has 0 aliphatic rings. The molecule has 0 amide bonds. The minimum Gasteiger partial charge on any atom is -0.0654 e. The number of hydrogen-bond acceptors (Lipinski definition) is 0. The SMILES string of the molecule is CCCCC(CCCC)CC(CCCC)CCCC.CCCCCCCCC. The summed E-state index contributed by atoms with van der Waals surface area (Å²) >= 11 is 0. The Morgan fingerprint density at radius 1 is 0.321 bits per heavy atom. The lowest BCUT2D eigenvalue weighted by atomic mass is 9.82. The lowest BCUT2D eigenvalue weighted by Gasteiger charge is -2.23. The lowest BCUT2D eigenvalue weighted by molar-refractivity contribution is 0.289. The highest BCUT2D eigenvalue weighted by atomic mass is 14.2. The first-order valence-corrected chi connectivity index (χ1v) is 13.7. The van der Waals surface area contributed by atoms with Gasteiger partial charge in [-0.25, -0.2) is 0 Å². The van der Waals surface area contributed by atoms with Crippen LogP contribution >= 0.6 is 0 Å². The summed E-state index contributed by atoms with van der Waals surface area (Å²) in [5.74, 6) is 2.05. The zero-order valence-corrected chi connectivity index (χ0v) is 21.3.